The Morgan fingerprint density at radius 3 is 2.75 bits per heavy atom. The predicted molar refractivity (Wildman–Crippen MR) is 63.4 cm³/mol. The molecule has 4 nitrogen and oxygen atoms in total. The van der Waals surface area contributed by atoms with Crippen LogP contribution in [0.2, 0.25) is 0 Å². The summed E-state index contributed by atoms with van der Waals surface area (Å²) in [5, 5.41) is 0. The summed E-state index contributed by atoms with van der Waals surface area (Å²) in [5.41, 5.74) is 7.53. The molecular formula is C12H20N2O2. The predicted octanol–water partition coefficient (Wildman–Crippen LogP) is 1.65. The van der Waals surface area contributed by atoms with Crippen LogP contribution in [0.1, 0.15) is 25.1 Å². The van der Waals surface area contributed by atoms with E-state index in [9.17, 15) is 0 Å². The topological polar surface area (TPSA) is 57.4 Å². The van der Waals surface area contributed by atoms with Gasteiger partial charge in [-0.15, -0.1) is 0 Å². The van der Waals surface area contributed by atoms with Crippen LogP contribution in [0.5, 0.6) is 5.88 Å². The van der Waals surface area contributed by atoms with Gasteiger partial charge in [-0.2, -0.15) is 0 Å². The lowest BCUT2D eigenvalue weighted by molar-refractivity contribution is 0.0633. The minimum atomic E-state index is 0.00979. The van der Waals surface area contributed by atoms with Gasteiger partial charge in [-0.25, -0.2) is 4.98 Å². The first-order valence-corrected chi connectivity index (χ1v) is 5.58. The van der Waals surface area contributed by atoms with Crippen molar-refractivity contribution in [1.82, 2.24) is 4.98 Å². The highest BCUT2D eigenvalue weighted by atomic mass is 16.5. The lowest BCUT2D eigenvalue weighted by atomic mass is 10.2. The summed E-state index contributed by atoms with van der Waals surface area (Å²) >= 11 is 0. The van der Waals surface area contributed by atoms with Gasteiger partial charge >= 0.3 is 0 Å². The molecule has 0 fully saturated rings. The molecule has 0 amide bonds. The van der Waals surface area contributed by atoms with Crippen LogP contribution in [0.4, 0.5) is 0 Å². The van der Waals surface area contributed by atoms with Crippen LogP contribution in [0.15, 0.2) is 12.1 Å². The summed E-state index contributed by atoms with van der Waals surface area (Å²) in [4.78, 5) is 4.33. The van der Waals surface area contributed by atoms with E-state index in [1.807, 2.05) is 32.9 Å². The quantitative estimate of drug-likeness (QED) is 0.798. The number of hydrogen-bond donors (Lipinski definition) is 1. The zero-order valence-electron chi connectivity index (χ0n) is 10.2. The Morgan fingerprint density at radius 1 is 1.44 bits per heavy atom. The molecule has 90 valence electrons. The largest absolute Gasteiger partial charge is 0.472 e. The van der Waals surface area contributed by atoms with Gasteiger partial charge < -0.3 is 15.2 Å². The first-order chi connectivity index (χ1) is 7.67. The molecule has 1 heterocycles. The zero-order valence-corrected chi connectivity index (χ0v) is 10.2. The first-order valence-electron chi connectivity index (χ1n) is 5.58. The Labute approximate surface area is 96.8 Å². The van der Waals surface area contributed by atoms with Crippen molar-refractivity contribution in [1.29, 1.82) is 0 Å². The van der Waals surface area contributed by atoms with E-state index in [0.717, 1.165) is 11.3 Å². The SMILES string of the molecule is CCOCC(C)Oc1ccc(CN)c(C)n1. The normalized spacial score (nSPS) is 12.5. The van der Waals surface area contributed by atoms with Crippen LogP contribution in [0.25, 0.3) is 0 Å². The van der Waals surface area contributed by atoms with Crippen molar-refractivity contribution in [3.05, 3.63) is 23.4 Å². The first kappa shape index (κ1) is 12.9. The van der Waals surface area contributed by atoms with Gasteiger partial charge in [0.1, 0.15) is 6.10 Å². The summed E-state index contributed by atoms with van der Waals surface area (Å²) in [7, 11) is 0. The smallest absolute Gasteiger partial charge is 0.213 e. The van der Waals surface area contributed by atoms with E-state index in [4.69, 9.17) is 15.2 Å². The van der Waals surface area contributed by atoms with Crippen molar-refractivity contribution in [3.8, 4) is 5.88 Å². The number of aryl methyl sites for hydroxylation is 1. The highest BCUT2D eigenvalue weighted by molar-refractivity contribution is 5.24. The summed E-state index contributed by atoms with van der Waals surface area (Å²) in [6.07, 6.45) is 0.00979. The molecule has 0 aliphatic carbocycles. The van der Waals surface area contributed by atoms with Crippen LogP contribution in [-0.4, -0.2) is 24.3 Å². The Morgan fingerprint density at radius 2 is 2.19 bits per heavy atom. The van der Waals surface area contributed by atoms with E-state index in [1.165, 1.54) is 0 Å². The zero-order chi connectivity index (χ0) is 12.0. The molecule has 1 unspecified atom stereocenters. The fourth-order valence-corrected chi connectivity index (χ4v) is 1.37. The molecule has 0 radical (unpaired) electrons. The summed E-state index contributed by atoms with van der Waals surface area (Å²) in [6.45, 7) is 7.65. The average Bonchev–Trinajstić information content (AvgIpc) is 2.26. The molecule has 16 heavy (non-hydrogen) atoms. The van der Waals surface area contributed by atoms with Gasteiger partial charge in [0.05, 0.1) is 6.61 Å². The number of pyridine rings is 1. The molecule has 1 aromatic rings. The molecule has 0 saturated heterocycles. The van der Waals surface area contributed by atoms with E-state index in [0.29, 0.717) is 25.6 Å². The standard InChI is InChI=1S/C12H20N2O2/c1-4-15-8-9(2)16-12-6-5-11(7-13)10(3)14-12/h5-6,9H,4,7-8,13H2,1-3H3. The number of nitrogens with two attached hydrogens (primary N) is 1. The maximum atomic E-state index is 5.62. The van der Waals surface area contributed by atoms with Gasteiger partial charge in [0, 0.05) is 24.9 Å². The number of ether oxygens (including phenoxy) is 2. The van der Waals surface area contributed by atoms with Gasteiger partial charge in [0.25, 0.3) is 0 Å². The summed E-state index contributed by atoms with van der Waals surface area (Å²) in [6, 6.07) is 3.79. The van der Waals surface area contributed by atoms with Gasteiger partial charge in [-0.05, 0) is 26.3 Å². The molecule has 1 atom stereocenters. The van der Waals surface area contributed by atoms with Gasteiger partial charge in [-0.3, -0.25) is 0 Å². The van der Waals surface area contributed by atoms with Gasteiger partial charge in [-0.1, -0.05) is 6.07 Å². The molecule has 4 heteroatoms. The Kier molecular flexibility index (Phi) is 5.22. The van der Waals surface area contributed by atoms with Gasteiger partial charge in [0.2, 0.25) is 5.88 Å². The highest BCUT2D eigenvalue weighted by Gasteiger charge is 2.06. The number of aromatic nitrogens is 1. The Balaban J connectivity index is 2.57. The molecule has 0 spiro atoms. The third-order valence-electron chi connectivity index (χ3n) is 2.27. The Bertz CT molecular complexity index is 329. The maximum absolute atomic E-state index is 5.62. The lowest BCUT2D eigenvalue weighted by Gasteiger charge is -2.14. The van der Waals surface area contributed by atoms with Crippen molar-refractivity contribution in [2.75, 3.05) is 13.2 Å². The molecule has 2 N–H and O–H groups in total. The van der Waals surface area contributed by atoms with E-state index in [1.54, 1.807) is 0 Å². The average molecular weight is 224 g/mol. The van der Waals surface area contributed by atoms with Crippen molar-refractivity contribution in [2.24, 2.45) is 5.73 Å². The van der Waals surface area contributed by atoms with Crippen molar-refractivity contribution in [3.63, 3.8) is 0 Å². The number of nitrogens with zero attached hydrogens (tertiary/aromatic N) is 1. The van der Waals surface area contributed by atoms with Crippen LogP contribution in [-0.2, 0) is 11.3 Å². The van der Waals surface area contributed by atoms with Gasteiger partial charge in [0.15, 0.2) is 0 Å². The van der Waals surface area contributed by atoms with Crippen LogP contribution in [0.3, 0.4) is 0 Å². The summed E-state index contributed by atoms with van der Waals surface area (Å²) in [5.74, 6) is 0.627. The highest BCUT2D eigenvalue weighted by Crippen LogP contribution is 2.13. The fourth-order valence-electron chi connectivity index (χ4n) is 1.37. The van der Waals surface area contributed by atoms with Crippen LogP contribution >= 0.6 is 0 Å². The molecule has 0 saturated carbocycles. The van der Waals surface area contributed by atoms with Crippen LogP contribution < -0.4 is 10.5 Å². The fraction of sp³-hybridized carbons (Fsp3) is 0.583. The number of hydrogen-bond acceptors (Lipinski definition) is 4. The third kappa shape index (κ3) is 3.79. The second-order valence-corrected chi connectivity index (χ2v) is 3.69. The van der Waals surface area contributed by atoms with E-state index in [-0.39, 0.29) is 6.10 Å². The minimum absolute atomic E-state index is 0.00979. The van der Waals surface area contributed by atoms with Crippen molar-refractivity contribution >= 4 is 0 Å². The van der Waals surface area contributed by atoms with Crippen LogP contribution in [0, 0.1) is 6.92 Å². The second-order valence-electron chi connectivity index (χ2n) is 3.69. The monoisotopic (exact) mass is 224 g/mol. The maximum Gasteiger partial charge on any atom is 0.213 e. The minimum Gasteiger partial charge on any atom is -0.472 e. The lowest BCUT2D eigenvalue weighted by Crippen LogP contribution is -2.19. The van der Waals surface area contributed by atoms with Crippen molar-refractivity contribution < 1.29 is 9.47 Å². The molecule has 1 aromatic heterocycles. The van der Waals surface area contributed by atoms with E-state index >= 15 is 0 Å². The molecule has 1 rings (SSSR count). The molecule has 0 bridgehead atoms. The second kappa shape index (κ2) is 6.45. The summed E-state index contributed by atoms with van der Waals surface area (Å²) < 4.78 is 10.9. The molecular weight excluding hydrogens is 204 g/mol. The van der Waals surface area contributed by atoms with Crippen molar-refractivity contribution in [2.45, 2.75) is 33.4 Å². The Hall–Kier alpha value is -1.13. The molecule has 0 aliphatic rings. The molecule has 0 aromatic carbocycles. The molecule has 0 aliphatic heterocycles. The number of rotatable bonds is 6. The van der Waals surface area contributed by atoms with E-state index in [2.05, 4.69) is 4.98 Å². The van der Waals surface area contributed by atoms with E-state index < -0.39 is 0 Å². The third-order valence-corrected chi connectivity index (χ3v) is 2.27.